The summed E-state index contributed by atoms with van der Waals surface area (Å²) in [6, 6.07) is 8.03. The number of hydrogen-bond donors (Lipinski definition) is 1. The van der Waals surface area contributed by atoms with Crippen LogP contribution in [0.5, 0.6) is 0 Å². The highest BCUT2D eigenvalue weighted by Crippen LogP contribution is 2.08. The lowest BCUT2D eigenvalue weighted by Crippen LogP contribution is -1.75. The van der Waals surface area contributed by atoms with Crippen molar-refractivity contribution in [2.45, 2.75) is 6.42 Å². The summed E-state index contributed by atoms with van der Waals surface area (Å²) >= 11 is 4.13. The Morgan fingerprint density at radius 3 is 2.20 bits per heavy atom. The minimum absolute atomic E-state index is 0.778. The van der Waals surface area contributed by atoms with Crippen molar-refractivity contribution < 1.29 is 4.79 Å². The number of benzene rings is 1. The first kappa shape index (κ1) is 11.8. The van der Waals surface area contributed by atoms with Gasteiger partial charge in [-0.2, -0.15) is 12.6 Å². The summed E-state index contributed by atoms with van der Waals surface area (Å²) < 4.78 is 0. The second-order valence-electron chi connectivity index (χ2n) is 3.08. The van der Waals surface area contributed by atoms with E-state index < -0.39 is 0 Å². The van der Waals surface area contributed by atoms with Crippen LogP contribution in [0.25, 0.3) is 12.2 Å². The minimum Gasteiger partial charge on any atom is -0.299 e. The van der Waals surface area contributed by atoms with E-state index in [-0.39, 0.29) is 0 Å². The Morgan fingerprint density at radius 2 is 1.67 bits per heavy atom. The lowest BCUT2D eigenvalue weighted by Gasteiger charge is -1.95. The molecule has 78 valence electrons. The second kappa shape index (κ2) is 7.07. The van der Waals surface area contributed by atoms with Crippen LogP contribution < -0.4 is 0 Å². The molecular formula is C13H14OS. The summed E-state index contributed by atoms with van der Waals surface area (Å²) in [5, 5.41) is 0. The fraction of sp³-hybridized carbons (Fsp3) is 0.154. The molecule has 1 aromatic carbocycles. The van der Waals surface area contributed by atoms with E-state index in [1.807, 2.05) is 24.3 Å². The summed E-state index contributed by atoms with van der Waals surface area (Å²) in [7, 11) is 0. The van der Waals surface area contributed by atoms with Crippen LogP contribution >= 0.6 is 12.6 Å². The molecule has 0 aliphatic rings. The van der Waals surface area contributed by atoms with Gasteiger partial charge in [-0.1, -0.05) is 42.5 Å². The predicted molar refractivity (Wildman–Crippen MR) is 69.0 cm³/mol. The number of carbonyl (C=O) groups is 1. The molecule has 1 aromatic rings. The van der Waals surface area contributed by atoms with Crippen molar-refractivity contribution in [3.63, 3.8) is 0 Å². The molecule has 0 unspecified atom stereocenters. The Bertz CT molecular complexity index is 349. The van der Waals surface area contributed by atoms with Crippen molar-refractivity contribution in [2.24, 2.45) is 0 Å². The van der Waals surface area contributed by atoms with Crippen LogP contribution in [-0.2, 0) is 4.79 Å². The highest BCUT2D eigenvalue weighted by Gasteiger charge is 1.87. The number of rotatable bonds is 5. The van der Waals surface area contributed by atoms with Crippen molar-refractivity contribution in [2.75, 3.05) is 5.75 Å². The van der Waals surface area contributed by atoms with Crippen LogP contribution in [0.15, 0.2) is 36.4 Å². The van der Waals surface area contributed by atoms with Crippen LogP contribution in [0.3, 0.4) is 0 Å². The largest absolute Gasteiger partial charge is 0.299 e. The average molecular weight is 218 g/mol. The van der Waals surface area contributed by atoms with Gasteiger partial charge >= 0.3 is 0 Å². The average Bonchev–Trinajstić information content (AvgIpc) is 2.28. The molecule has 15 heavy (non-hydrogen) atoms. The monoisotopic (exact) mass is 218 g/mol. The highest BCUT2D eigenvalue weighted by atomic mass is 32.1. The topological polar surface area (TPSA) is 17.1 Å². The van der Waals surface area contributed by atoms with Gasteiger partial charge in [0, 0.05) is 0 Å². The molecule has 0 heterocycles. The third kappa shape index (κ3) is 4.66. The van der Waals surface area contributed by atoms with Crippen LogP contribution in [-0.4, -0.2) is 12.0 Å². The highest BCUT2D eigenvalue weighted by molar-refractivity contribution is 7.80. The Kier molecular flexibility index (Phi) is 5.56. The molecule has 0 N–H and O–H groups in total. The Morgan fingerprint density at radius 1 is 1.07 bits per heavy atom. The molecule has 0 saturated carbocycles. The summed E-state index contributed by atoms with van der Waals surface area (Å²) in [6.45, 7) is 0. The van der Waals surface area contributed by atoms with Gasteiger partial charge in [0.2, 0.25) is 0 Å². The molecule has 0 aliphatic carbocycles. The van der Waals surface area contributed by atoms with Gasteiger partial charge in [0.25, 0.3) is 0 Å². The number of allylic oxidation sites excluding steroid dienone is 2. The van der Waals surface area contributed by atoms with Crippen molar-refractivity contribution in [3.05, 3.63) is 47.5 Å². The molecule has 0 radical (unpaired) electrons. The van der Waals surface area contributed by atoms with Gasteiger partial charge in [-0.25, -0.2) is 0 Å². The Hall–Kier alpha value is -1.28. The zero-order valence-electron chi connectivity index (χ0n) is 8.47. The molecule has 1 rings (SSSR count). The van der Waals surface area contributed by atoms with E-state index in [1.54, 1.807) is 6.08 Å². The van der Waals surface area contributed by atoms with Gasteiger partial charge < -0.3 is 0 Å². The summed E-state index contributed by atoms with van der Waals surface area (Å²) in [5.41, 5.74) is 2.20. The number of aldehydes is 1. The molecule has 0 spiro atoms. The molecule has 0 aliphatic heterocycles. The number of carbonyl (C=O) groups excluding carboxylic acids is 1. The number of hydrogen-bond acceptors (Lipinski definition) is 2. The summed E-state index contributed by atoms with van der Waals surface area (Å²) in [6.07, 6.45) is 9.21. The third-order valence-electron chi connectivity index (χ3n) is 1.91. The second-order valence-corrected chi connectivity index (χ2v) is 3.52. The first-order chi connectivity index (χ1) is 7.36. The Balaban J connectivity index is 2.63. The zero-order valence-corrected chi connectivity index (χ0v) is 9.36. The molecule has 0 atom stereocenters. The molecule has 0 fully saturated rings. The summed E-state index contributed by atoms with van der Waals surface area (Å²) in [5.74, 6) is 0.872. The standard InChI is InChI=1S/C13H14OS/c14-10-3-5-13-8-6-12(7-9-13)4-1-2-11-15/h1,3-10,15H,2,11H2/b4-1?,5-3+. The fourth-order valence-electron chi connectivity index (χ4n) is 1.16. The maximum absolute atomic E-state index is 10.1. The van der Waals surface area contributed by atoms with Crippen LogP contribution in [0.2, 0.25) is 0 Å². The maximum atomic E-state index is 10.1. The first-order valence-electron chi connectivity index (χ1n) is 4.86. The molecular weight excluding hydrogens is 204 g/mol. The smallest absolute Gasteiger partial charge is 0.142 e. The molecule has 2 heteroatoms. The van der Waals surface area contributed by atoms with Gasteiger partial charge in [0.15, 0.2) is 0 Å². The first-order valence-corrected chi connectivity index (χ1v) is 5.49. The summed E-state index contributed by atoms with van der Waals surface area (Å²) in [4.78, 5) is 10.1. The van der Waals surface area contributed by atoms with Gasteiger partial charge in [0.05, 0.1) is 0 Å². The molecule has 0 amide bonds. The van der Waals surface area contributed by atoms with Crippen molar-refractivity contribution in [1.29, 1.82) is 0 Å². The van der Waals surface area contributed by atoms with E-state index in [9.17, 15) is 4.79 Å². The van der Waals surface area contributed by atoms with Gasteiger partial charge in [-0.3, -0.25) is 4.79 Å². The van der Waals surface area contributed by atoms with Gasteiger partial charge in [-0.15, -0.1) is 0 Å². The van der Waals surface area contributed by atoms with E-state index in [0.717, 1.165) is 24.0 Å². The third-order valence-corrected chi connectivity index (χ3v) is 2.17. The maximum Gasteiger partial charge on any atom is 0.142 e. The van der Waals surface area contributed by atoms with Crippen LogP contribution in [0, 0.1) is 0 Å². The van der Waals surface area contributed by atoms with Crippen LogP contribution in [0.4, 0.5) is 0 Å². The van der Waals surface area contributed by atoms with Crippen molar-refractivity contribution >= 4 is 31.1 Å². The SMILES string of the molecule is O=C/C=C/c1ccc(C=CCCS)cc1. The Labute approximate surface area is 95.9 Å². The van der Waals surface area contributed by atoms with Gasteiger partial charge in [-0.05, 0) is 29.4 Å². The zero-order chi connectivity index (χ0) is 10.9. The normalized spacial score (nSPS) is 11.3. The van der Waals surface area contributed by atoms with E-state index >= 15 is 0 Å². The lowest BCUT2D eigenvalue weighted by molar-refractivity contribution is -0.104. The van der Waals surface area contributed by atoms with Crippen molar-refractivity contribution in [3.8, 4) is 0 Å². The number of thiol groups is 1. The molecule has 1 nitrogen and oxygen atoms in total. The lowest BCUT2D eigenvalue weighted by atomic mass is 10.1. The molecule has 0 bridgehead atoms. The van der Waals surface area contributed by atoms with Crippen molar-refractivity contribution in [1.82, 2.24) is 0 Å². The minimum atomic E-state index is 0.778. The predicted octanol–water partition coefficient (Wildman–Crippen LogP) is 3.23. The van der Waals surface area contributed by atoms with E-state index in [4.69, 9.17) is 0 Å². The molecule has 0 aromatic heterocycles. The fourth-order valence-corrected chi connectivity index (χ4v) is 1.31. The van der Waals surface area contributed by atoms with Gasteiger partial charge in [0.1, 0.15) is 6.29 Å². The quantitative estimate of drug-likeness (QED) is 0.456. The van der Waals surface area contributed by atoms with E-state index in [2.05, 4.69) is 24.8 Å². The molecule has 0 saturated heterocycles. The van der Waals surface area contributed by atoms with E-state index in [0.29, 0.717) is 0 Å². The van der Waals surface area contributed by atoms with Crippen LogP contribution in [0.1, 0.15) is 17.5 Å². The van der Waals surface area contributed by atoms with E-state index in [1.165, 1.54) is 11.6 Å².